The van der Waals surface area contributed by atoms with Crippen LogP contribution in [-0.2, 0) is 16.0 Å². The highest BCUT2D eigenvalue weighted by atomic mass is 16.2. The summed E-state index contributed by atoms with van der Waals surface area (Å²) in [5.41, 5.74) is 2.11. The summed E-state index contributed by atoms with van der Waals surface area (Å²) in [5, 5.41) is 0. The highest BCUT2D eigenvalue weighted by molar-refractivity contribution is 5.85. The van der Waals surface area contributed by atoms with Crippen molar-refractivity contribution in [3.63, 3.8) is 0 Å². The lowest BCUT2D eigenvalue weighted by molar-refractivity contribution is -0.138. The Bertz CT molecular complexity index is 467. The van der Waals surface area contributed by atoms with Crippen molar-refractivity contribution in [2.45, 2.75) is 27.2 Å². The molecule has 0 N–H and O–H groups in total. The van der Waals surface area contributed by atoms with Gasteiger partial charge in [0.1, 0.15) is 0 Å². The zero-order valence-electron chi connectivity index (χ0n) is 12.8. The first-order valence-corrected chi connectivity index (χ1v) is 7.05. The quantitative estimate of drug-likeness (QED) is 0.796. The molecule has 1 rings (SSSR count). The van der Waals surface area contributed by atoms with E-state index in [4.69, 9.17) is 0 Å². The topological polar surface area (TPSA) is 40.6 Å². The second kappa shape index (κ2) is 7.68. The Kier molecular flexibility index (Phi) is 6.22. The number of amides is 2. The van der Waals surface area contributed by atoms with Crippen LogP contribution in [0.15, 0.2) is 24.3 Å². The first-order chi connectivity index (χ1) is 9.49. The molecule has 1 aromatic rings. The summed E-state index contributed by atoms with van der Waals surface area (Å²) in [6.07, 6.45) is 0.342. The second-order valence-electron chi connectivity index (χ2n) is 4.92. The van der Waals surface area contributed by atoms with Gasteiger partial charge >= 0.3 is 0 Å². The van der Waals surface area contributed by atoms with Crippen molar-refractivity contribution in [1.82, 2.24) is 9.80 Å². The molecule has 1 aromatic carbocycles. The van der Waals surface area contributed by atoms with E-state index in [0.717, 1.165) is 11.1 Å². The van der Waals surface area contributed by atoms with Crippen molar-refractivity contribution in [3.05, 3.63) is 35.4 Å². The molecule has 20 heavy (non-hydrogen) atoms. The highest BCUT2D eigenvalue weighted by Gasteiger charge is 2.17. The summed E-state index contributed by atoms with van der Waals surface area (Å²) < 4.78 is 0. The normalized spacial score (nSPS) is 10.2. The van der Waals surface area contributed by atoms with Crippen molar-refractivity contribution >= 4 is 11.8 Å². The van der Waals surface area contributed by atoms with Gasteiger partial charge in [-0.1, -0.05) is 24.3 Å². The highest BCUT2D eigenvalue weighted by Crippen LogP contribution is 2.09. The summed E-state index contributed by atoms with van der Waals surface area (Å²) in [7, 11) is 1.68. The standard InChI is InChI=1S/C16H24N2O2/c1-5-18(6-2)16(20)12-17(4)15(19)11-14-10-8-7-9-13(14)3/h7-10H,5-6,11-12H2,1-4H3. The SMILES string of the molecule is CCN(CC)C(=O)CN(C)C(=O)Cc1ccccc1C. The summed E-state index contributed by atoms with van der Waals surface area (Å²) >= 11 is 0. The van der Waals surface area contributed by atoms with Gasteiger partial charge in [0.05, 0.1) is 13.0 Å². The molecule has 0 aliphatic heterocycles. The van der Waals surface area contributed by atoms with Crippen LogP contribution in [0.2, 0.25) is 0 Å². The van der Waals surface area contributed by atoms with Crippen LogP contribution in [0.4, 0.5) is 0 Å². The van der Waals surface area contributed by atoms with E-state index in [1.807, 2.05) is 45.0 Å². The molecule has 0 bridgehead atoms. The van der Waals surface area contributed by atoms with Crippen LogP contribution in [0.3, 0.4) is 0 Å². The second-order valence-corrected chi connectivity index (χ2v) is 4.92. The van der Waals surface area contributed by atoms with Crippen LogP contribution in [-0.4, -0.2) is 48.3 Å². The zero-order valence-corrected chi connectivity index (χ0v) is 12.8. The van der Waals surface area contributed by atoms with E-state index in [2.05, 4.69) is 0 Å². The number of hydrogen-bond acceptors (Lipinski definition) is 2. The van der Waals surface area contributed by atoms with Crippen molar-refractivity contribution in [2.24, 2.45) is 0 Å². The lowest BCUT2D eigenvalue weighted by atomic mass is 10.1. The van der Waals surface area contributed by atoms with Gasteiger partial charge in [-0.2, -0.15) is 0 Å². The maximum Gasteiger partial charge on any atom is 0.242 e. The Morgan fingerprint density at radius 1 is 1.05 bits per heavy atom. The fourth-order valence-electron chi connectivity index (χ4n) is 2.07. The monoisotopic (exact) mass is 276 g/mol. The third-order valence-corrected chi connectivity index (χ3v) is 3.52. The molecule has 0 aromatic heterocycles. The maximum absolute atomic E-state index is 12.2. The Labute approximate surface area is 121 Å². The summed E-state index contributed by atoms with van der Waals surface area (Å²) in [6, 6.07) is 7.82. The lowest BCUT2D eigenvalue weighted by Gasteiger charge is -2.23. The molecule has 110 valence electrons. The van der Waals surface area contributed by atoms with Crippen LogP contribution in [0.25, 0.3) is 0 Å². The van der Waals surface area contributed by atoms with Crippen LogP contribution in [0, 0.1) is 6.92 Å². The summed E-state index contributed by atoms with van der Waals surface area (Å²) in [4.78, 5) is 27.4. The Balaban J connectivity index is 2.60. The Morgan fingerprint density at radius 2 is 1.65 bits per heavy atom. The van der Waals surface area contributed by atoms with E-state index in [1.54, 1.807) is 11.9 Å². The molecule has 0 fully saturated rings. The number of rotatable bonds is 6. The average molecular weight is 276 g/mol. The van der Waals surface area contributed by atoms with Crippen molar-refractivity contribution in [2.75, 3.05) is 26.7 Å². The van der Waals surface area contributed by atoms with Gasteiger partial charge in [0.2, 0.25) is 11.8 Å². The first-order valence-electron chi connectivity index (χ1n) is 7.05. The first kappa shape index (κ1) is 16.2. The Hall–Kier alpha value is -1.84. The number of aryl methyl sites for hydroxylation is 1. The van der Waals surface area contributed by atoms with Gasteiger partial charge < -0.3 is 9.80 Å². The van der Waals surface area contributed by atoms with Gasteiger partial charge in [-0.15, -0.1) is 0 Å². The van der Waals surface area contributed by atoms with Crippen LogP contribution < -0.4 is 0 Å². The van der Waals surface area contributed by atoms with E-state index in [0.29, 0.717) is 19.5 Å². The van der Waals surface area contributed by atoms with E-state index in [1.165, 1.54) is 4.90 Å². The number of hydrogen-bond donors (Lipinski definition) is 0. The van der Waals surface area contributed by atoms with E-state index in [-0.39, 0.29) is 18.4 Å². The molecule has 0 aliphatic rings. The minimum absolute atomic E-state index is 0.00404. The summed E-state index contributed by atoms with van der Waals surface area (Å²) in [6.45, 7) is 7.37. The molecule has 4 heteroatoms. The number of carbonyl (C=O) groups is 2. The van der Waals surface area contributed by atoms with E-state index < -0.39 is 0 Å². The molecule has 0 spiro atoms. The van der Waals surface area contributed by atoms with Gasteiger partial charge in [-0.05, 0) is 31.9 Å². The molecule has 0 saturated heterocycles. The third-order valence-electron chi connectivity index (χ3n) is 3.52. The smallest absolute Gasteiger partial charge is 0.242 e. The molecular formula is C16H24N2O2. The minimum Gasteiger partial charge on any atom is -0.342 e. The van der Waals surface area contributed by atoms with Gasteiger partial charge in [0.25, 0.3) is 0 Å². The van der Waals surface area contributed by atoms with Gasteiger partial charge in [0, 0.05) is 20.1 Å². The van der Waals surface area contributed by atoms with Crippen LogP contribution in [0.1, 0.15) is 25.0 Å². The van der Waals surface area contributed by atoms with E-state index >= 15 is 0 Å². The van der Waals surface area contributed by atoms with Crippen molar-refractivity contribution in [1.29, 1.82) is 0 Å². The minimum atomic E-state index is -0.0280. The fraction of sp³-hybridized carbons (Fsp3) is 0.500. The number of likely N-dealkylation sites (N-methyl/N-ethyl adjacent to an activating group) is 2. The molecule has 4 nitrogen and oxygen atoms in total. The van der Waals surface area contributed by atoms with Gasteiger partial charge in [0.15, 0.2) is 0 Å². The molecule has 2 amide bonds. The number of carbonyl (C=O) groups excluding carboxylic acids is 2. The predicted octanol–water partition coefficient (Wildman–Crippen LogP) is 1.86. The van der Waals surface area contributed by atoms with Gasteiger partial charge in [-0.25, -0.2) is 0 Å². The van der Waals surface area contributed by atoms with Gasteiger partial charge in [-0.3, -0.25) is 9.59 Å². The molecule has 0 atom stereocenters. The Morgan fingerprint density at radius 3 is 2.20 bits per heavy atom. The lowest BCUT2D eigenvalue weighted by Crippen LogP contribution is -2.41. The maximum atomic E-state index is 12.2. The van der Waals surface area contributed by atoms with Crippen molar-refractivity contribution < 1.29 is 9.59 Å². The van der Waals surface area contributed by atoms with Crippen LogP contribution in [0.5, 0.6) is 0 Å². The fourth-order valence-corrected chi connectivity index (χ4v) is 2.07. The molecule has 0 unspecified atom stereocenters. The largest absolute Gasteiger partial charge is 0.342 e. The summed E-state index contributed by atoms with van der Waals surface area (Å²) in [5.74, 6) is -0.0320. The predicted molar refractivity (Wildman–Crippen MR) is 80.4 cm³/mol. The molecular weight excluding hydrogens is 252 g/mol. The molecule has 0 radical (unpaired) electrons. The number of nitrogens with zero attached hydrogens (tertiary/aromatic N) is 2. The van der Waals surface area contributed by atoms with E-state index in [9.17, 15) is 9.59 Å². The molecule has 0 heterocycles. The average Bonchev–Trinajstić information content (AvgIpc) is 2.42. The third kappa shape index (κ3) is 4.37. The number of benzene rings is 1. The van der Waals surface area contributed by atoms with Crippen LogP contribution >= 0.6 is 0 Å². The zero-order chi connectivity index (χ0) is 15.1. The molecule has 0 aliphatic carbocycles. The van der Waals surface area contributed by atoms with Crippen molar-refractivity contribution in [3.8, 4) is 0 Å². The molecule has 0 saturated carbocycles.